The molecule has 6 rings (SSSR count). The molecule has 3 N–H and O–H groups in total. The van der Waals surface area contributed by atoms with E-state index in [0.717, 1.165) is 19.3 Å². The van der Waals surface area contributed by atoms with Gasteiger partial charge in [0.25, 0.3) is 0 Å². The quantitative estimate of drug-likeness (QED) is 0.397. The van der Waals surface area contributed by atoms with Crippen LogP contribution in [-0.2, 0) is 9.47 Å². The first-order valence-corrected chi connectivity index (χ1v) is 14.3. The molecule has 0 aromatic heterocycles. The zero-order valence-electron chi connectivity index (χ0n) is 22.7. The van der Waals surface area contributed by atoms with Gasteiger partial charge in [-0.2, -0.15) is 0 Å². The molecule has 35 heavy (non-hydrogen) atoms. The first-order valence-electron chi connectivity index (χ1n) is 14.3. The normalized spacial score (nSPS) is 59.1. The summed E-state index contributed by atoms with van der Waals surface area (Å²) >= 11 is 0. The van der Waals surface area contributed by atoms with Crippen LogP contribution < -0.4 is 0 Å². The highest BCUT2D eigenvalue weighted by Gasteiger charge is 2.84. The van der Waals surface area contributed by atoms with Crippen molar-refractivity contribution >= 4 is 0 Å². The van der Waals surface area contributed by atoms with Gasteiger partial charge in [0, 0.05) is 12.5 Å². The molecule has 1 heterocycles. The Bertz CT molecular complexity index is 901. The number of hydrogen-bond acceptors (Lipinski definition) is 5. The van der Waals surface area contributed by atoms with Crippen molar-refractivity contribution in [3.63, 3.8) is 0 Å². The van der Waals surface area contributed by atoms with Crippen molar-refractivity contribution in [3.05, 3.63) is 12.2 Å². The summed E-state index contributed by atoms with van der Waals surface area (Å²) in [7, 11) is 1.49. The third kappa shape index (κ3) is 2.83. The fourth-order valence-electron chi connectivity index (χ4n) is 11.7. The molecule has 5 unspecified atom stereocenters. The van der Waals surface area contributed by atoms with Crippen LogP contribution in [0.25, 0.3) is 0 Å². The zero-order valence-corrected chi connectivity index (χ0v) is 22.7. The third-order valence-electron chi connectivity index (χ3n) is 13.5. The minimum absolute atomic E-state index is 0.0133. The second-order valence-electron chi connectivity index (χ2n) is 14.6. The zero-order chi connectivity index (χ0) is 25.2. The topological polar surface area (TPSA) is 79.2 Å². The first kappa shape index (κ1) is 24.9. The van der Waals surface area contributed by atoms with Gasteiger partial charge in [-0.05, 0) is 103 Å². The van der Waals surface area contributed by atoms with E-state index in [4.69, 9.17) is 9.47 Å². The highest BCUT2D eigenvalue weighted by molar-refractivity contribution is 5.32. The lowest BCUT2D eigenvalue weighted by molar-refractivity contribution is -0.182. The molecule has 6 fully saturated rings. The summed E-state index contributed by atoms with van der Waals surface area (Å²) in [5.74, 6) is 1.93. The van der Waals surface area contributed by atoms with Gasteiger partial charge in [0.2, 0.25) is 0 Å². The lowest BCUT2D eigenvalue weighted by Gasteiger charge is -2.63. The molecule has 5 heteroatoms. The molecule has 1 saturated heterocycles. The van der Waals surface area contributed by atoms with Crippen molar-refractivity contribution in [2.75, 3.05) is 7.11 Å². The van der Waals surface area contributed by atoms with Gasteiger partial charge in [0.05, 0.1) is 24.4 Å². The van der Waals surface area contributed by atoms with Gasteiger partial charge in [0.1, 0.15) is 0 Å². The predicted octanol–water partition coefficient (Wildman–Crippen LogP) is 4.68. The number of aliphatic hydroxyl groups excluding tert-OH is 3. The fraction of sp³-hybridized carbons (Fsp3) is 0.933. The Morgan fingerprint density at radius 3 is 2.37 bits per heavy atom. The molecule has 5 aliphatic carbocycles. The molecule has 0 amide bonds. The molecular weight excluding hydrogens is 440 g/mol. The van der Waals surface area contributed by atoms with Gasteiger partial charge in [-0.1, -0.05) is 40.7 Å². The number of methoxy groups -OCH3 is 1. The molecule has 6 aliphatic rings. The molecule has 0 aromatic rings. The lowest BCUT2D eigenvalue weighted by Crippen LogP contribution is -2.59. The van der Waals surface area contributed by atoms with Crippen LogP contribution in [0, 0.1) is 50.7 Å². The van der Waals surface area contributed by atoms with E-state index in [0.29, 0.717) is 34.5 Å². The average molecular weight is 489 g/mol. The maximum absolute atomic E-state index is 12.2. The van der Waals surface area contributed by atoms with Gasteiger partial charge < -0.3 is 24.8 Å². The Hall–Kier alpha value is -0.460. The Labute approximate surface area is 211 Å². The van der Waals surface area contributed by atoms with E-state index in [2.05, 4.69) is 34.6 Å². The lowest BCUT2D eigenvalue weighted by atomic mass is 9.41. The van der Waals surface area contributed by atoms with Crippen molar-refractivity contribution in [1.29, 1.82) is 0 Å². The molecule has 5 nitrogen and oxygen atoms in total. The Morgan fingerprint density at radius 2 is 1.66 bits per heavy atom. The fourth-order valence-corrected chi connectivity index (χ4v) is 11.7. The van der Waals surface area contributed by atoms with Gasteiger partial charge in [0.15, 0.2) is 6.29 Å². The second kappa shape index (κ2) is 7.56. The molecule has 0 radical (unpaired) electrons. The van der Waals surface area contributed by atoms with Crippen LogP contribution >= 0.6 is 0 Å². The number of hydrogen-bond donors (Lipinski definition) is 3. The highest BCUT2D eigenvalue weighted by atomic mass is 16.6. The van der Waals surface area contributed by atoms with E-state index in [1.807, 2.05) is 6.08 Å². The second-order valence-corrected chi connectivity index (χ2v) is 14.6. The molecule has 0 bridgehead atoms. The van der Waals surface area contributed by atoms with Crippen LogP contribution in [-0.4, -0.2) is 53.1 Å². The molecule has 13 atom stereocenters. The Morgan fingerprint density at radius 1 is 0.971 bits per heavy atom. The van der Waals surface area contributed by atoms with Crippen LogP contribution in [0.15, 0.2) is 12.2 Å². The average Bonchev–Trinajstić information content (AvgIpc) is 3.45. The monoisotopic (exact) mass is 488 g/mol. The van der Waals surface area contributed by atoms with Crippen LogP contribution in [0.5, 0.6) is 0 Å². The predicted molar refractivity (Wildman–Crippen MR) is 134 cm³/mol. The summed E-state index contributed by atoms with van der Waals surface area (Å²) in [6, 6.07) is 0. The van der Waals surface area contributed by atoms with Gasteiger partial charge in [-0.3, -0.25) is 0 Å². The van der Waals surface area contributed by atoms with Crippen molar-refractivity contribution < 1.29 is 24.8 Å². The molecule has 2 spiro atoms. The maximum Gasteiger partial charge on any atom is 0.173 e. The van der Waals surface area contributed by atoms with Crippen molar-refractivity contribution in [2.45, 2.75) is 117 Å². The Balaban J connectivity index is 1.33. The Kier molecular flexibility index (Phi) is 5.37. The summed E-state index contributed by atoms with van der Waals surface area (Å²) in [6.45, 7) is 11.9. The summed E-state index contributed by atoms with van der Waals surface area (Å²) in [6.07, 6.45) is 10.9. The van der Waals surface area contributed by atoms with Crippen molar-refractivity contribution in [3.8, 4) is 0 Å². The van der Waals surface area contributed by atoms with Gasteiger partial charge in [-0.15, -0.1) is 0 Å². The highest BCUT2D eigenvalue weighted by Crippen LogP contribution is 2.89. The van der Waals surface area contributed by atoms with E-state index in [9.17, 15) is 15.3 Å². The molecule has 5 saturated carbocycles. The molecule has 1 aliphatic heterocycles. The minimum atomic E-state index is -0.919. The van der Waals surface area contributed by atoms with Crippen LogP contribution in [0.1, 0.15) is 86.0 Å². The SMILES string of the molecule is COC(O)/C=C/C1C[C@@H](C)C2C(O1)[C@H](O)[C@@]1(C)[C@@H]3CC[C@H]4C(C)(C)[C@@H](O)CC[C@@]45CC35CC[C@]21C. The van der Waals surface area contributed by atoms with E-state index in [1.54, 1.807) is 6.08 Å². The molecule has 0 aromatic carbocycles. The summed E-state index contributed by atoms with van der Waals surface area (Å²) in [5.41, 5.74) is 0.591. The van der Waals surface area contributed by atoms with E-state index in [-0.39, 0.29) is 34.6 Å². The molecule has 198 valence electrons. The first-order chi connectivity index (χ1) is 16.4. The van der Waals surface area contributed by atoms with Crippen LogP contribution in [0.4, 0.5) is 0 Å². The van der Waals surface area contributed by atoms with Gasteiger partial charge in [-0.25, -0.2) is 0 Å². The third-order valence-corrected chi connectivity index (χ3v) is 13.5. The van der Waals surface area contributed by atoms with Crippen molar-refractivity contribution in [2.24, 2.45) is 50.7 Å². The number of rotatable bonds is 3. The van der Waals surface area contributed by atoms with Crippen LogP contribution in [0.3, 0.4) is 0 Å². The number of aliphatic hydroxyl groups is 3. The maximum atomic E-state index is 12.2. The summed E-state index contributed by atoms with van der Waals surface area (Å²) in [5, 5.41) is 32.9. The van der Waals surface area contributed by atoms with Gasteiger partial charge >= 0.3 is 0 Å². The number of ether oxygens (including phenoxy) is 2. The number of fused-ring (bicyclic) bond motifs is 4. The largest absolute Gasteiger partial charge is 0.393 e. The molecular formula is C30H48O5. The summed E-state index contributed by atoms with van der Waals surface area (Å²) in [4.78, 5) is 0. The van der Waals surface area contributed by atoms with E-state index >= 15 is 0 Å². The standard InChI is InChI=1S/C30H48O5/c1-17-15-18(7-10-22(32)34-6)35-24-23(17)27(4)13-14-30-16-29(30)12-11-21(31)26(2,3)19(29)8-9-20(30)28(27,5)25(24)33/h7,10,17-25,31-33H,8-9,11-16H2,1-6H3/b10-7+/t17-,18?,19+,20+,21+,22?,23?,24?,25+,27-,28-,29-,30?/m1/s1. The van der Waals surface area contributed by atoms with E-state index < -0.39 is 12.4 Å². The van der Waals surface area contributed by atoms with Crippen molar-refractivity contribution in [1.82, 2.24) is 0 Å². The van der Waals surface area contributed by atoms with Crippen LogP contribution in [0.2, 0.25) is 0 Å². The smallest absolute Gasteiger partial charge is 0.173 e. The van der Waals surface area contributed by atoms with E-state index in [1.165, 1.54) is 39.2 Å². The minimum Gasteiger partial charge on any atom is -0.393 e. The summed E-state index contributed by atoms with van der Waals surface area (Å²) < 4.78 is 11.6.